The van der Waals surface area contributed by atoms with Crippen LogP contribution in [0.5, 0.6) is 0 Å². The maximum absolute atomic E-state index is 12.0. The van der Waals surface area contributed by atoms with Crippen molar-refractivity contribution in [3.8, 4) is 6.07 Å². The molecule has 1 aromatic heterocycles. The molecular formula is C11H10N4O3S. The summed E-state index contributed by atoms with van der Waals surface area (Å²) in [5.74, 6) is 0.328. The Morgan fingerprint density at radius 3 is 2.63 bits per heavy atom. The number of benzene rings is 1. The molecule has 1 N–H and O–H groups in total. The van der Waals surface area contributed by atoms with Crippen molar-refractivity contribution in [2.45, 2.75) is 18.7 Å². The quantitative estimate of drug-likeness (QED) is 0.907. The fourth-order valence-electron chi connectivity index (χ4n) is 1.44. The van der Waals surface area contributed by atoms with Crippen LogP contribution >= 0.6 is 0 Å². The molecule has 0 saturated heterocycles. The molecule has 0 atom stereocenters. The van der Waals surface area contributed by atoms with Crippen molar-refractivity contribution < 1.29 is 12.9 Å². The lowest BCUT2D eigenvalue weighted by Gasteiger charge is -2.05. The zero-order valence-corrected chi connectivity index (χ0v) is 11.0. The molecule has 0 amide bonds. The second-order valence-corrected chi connectivity index (χ2v) is 5.52. The number of nitrogens with zero attached hydrogens (tertiary/aromatic N) is 3. The summed E-state index contributed by atoms with van der Waals surface area (Å²) >= 11 is 0. The number of rotatable bonds is 3. The Bertz CT molecular complexity index is 758. The monoisotopic (exact) mass is 278 g/mol. The van der Waals surface area contributed by atoms with E-state index in [1.807, 2.05) is 6.07 Å². The first-order valence-electron chi connectivity index (χ1n) is 5.26. The summed E-state index contributed by atoms with van der Waals surface area (Å²) in [5, 5.41) is 12.3. The molecule has 0 aliphatic rings. The summed E-state index contributed by atoms with van der Waals surface area (Å²) in [6, 6.07) is 5.97. The third-order valence-corrected chi connectivity index (χ3v) is 3.70. The summed E-state index contributed by atoms with van der Waals surface area (Å²) < 4.78 is 30.9. The van der Waals surface area contributed by atoms with Crippen molar-refractivity contribution in [2.75, 3.05) is 4.72 Å². The van der Waals surface area contributed by atoms with Gasteiger partial charge in [-0.25, -0.2) is 13.1 Å². The lowest BCUT2D eigenvalue weighted by molar-refractivity contribution is 0.429. The number of aromatic nitrogens is 2. The molecule has 1 aromatic carbocycles. The van der Waals surface area contributed by atoms with Gasteiger partial charge in [-0.1, -0.05) is 5.16 Å². The molecule has 19 heavy (non-hydrogen) atoms. The molecule has 7 nitrogen and oxygen atoms in total. The smallest absolute Gasteiger partial charge is 0.314 e. The van der Waals surface area contributed by atoms with Crippen LogP contribution < -0.4 is 4.72 Å². The predicted molar refractivity (Wildman–Crippen MR) is 65.7 cm³/mol. The van der Waals surface area contributed by atoms with E-state index in [0.717, 1.165) is 0 Å². The number of nitrogens with one attached hydrogen (secondary N) is 1. The van der Waals surface area contributed by atoms with Gasteiger partial charge < -0.3 is 4.52 Å². The zero-order valence-electron chi connectivity index (χ0n) is 10.2. The van der Waals surface area contributed by atoms with Crippen LogP contribution in [0, 0.1) is 25.2 Å². The number of anilines is 1. The van der Waals surface area contributed by atoms with Crippen molar-refractivity contribution in [3.63, 3.8) is 0 Å². The molecule has 2 rings (SSSR count). The molecule has 0 saturated carbocycles. The number of hydrogen-bond acceptors (Lipinski definition) is 6. The van der Waals surface area contributed by atoms with Crippen molar-refractivity contribution in [2.24, 2.45) is 0 Å². The van der Waals surface area contributed by atoms with E-state index in [9.17, 15) is 8.42 Å². The minimum absolute atomic E-state index is 0.0276. The van der Waals surface area contributed by atoms with E-state index in [1.54, 1.807) is 13.8 Å². The fraction of sp³-hybridized carbons (Fsp3) is 0.182. The first kappa shape index (κ1) is 13.0. The molecule has 0 fully saturated rings. The van der Waals surface area contributed by atoms with E-state index in [4.69, 9.17) is 9.78 Å². The van der Waals surface area contributed by atoms with Gasteiger partial charge in [-0.05, 0) is 37.6 Å². The van der Waals surface area contributed by atoms with Gasteiger partial charge >= 0.3 is 6.01 Å². The van der Waals surface area contributed by atoms with Crippen LogP contribution in [0.15, 0.2) is 27.6 Å². The second-order valence-electron chi connectivity index (χ2n) is 3.84. The third-order valence-electron chi connectivity index (χ3n) is 2.38. The largest absolute Gasteiger partial charge is 0.335 e. The number of nitriles is 1. The Kier molecular flexibility index (Phi) is 3.23. The highest BCUT2D eigenvalue weighted by atomic mass is 32.2. The molecule has 1 heterocycles. The average molecular weight is 278 g/mol. The molecule has 0 aliphatic heterocycles. The molecule has 98 valence electrons. The van der Waals surface area contributed by atoms with Gasteiger partial charge in [0.1, 0.15) is 0 Å². The van der Waals surface area contributed by atoms with E-state index < -0.39 is 10.0 Å². The maximum Gasteiger partial charge on any atom is 0.335 e. The Balaban J connectivity index is 2.35. The number of sulfonamides is 1. The molecule has 8 heteroatoms. The van der Waals surface area contributed by atoms with Crippen LogP contribution in [-0.2, 0) is 10.0 Å². The molecular weight excluding hydrogens is 268 g/mol. The molecule has 0 spiro atoms. The first-order chi connectivity index (χ1) is 8.92. The first-order valence-corrected chi connectivity index (χ1v) is 6.74. The SMILES string of the molecule is Cc1noc(NS(=O)(=O)c2ccc(C#N)c(C)c2)n1. The van der Waals surface area contributed by atoms with Crippen molar-refractivity contribution in [1.29, 1.82) is 5.26 Å². The fourth-order valence-corrected chi connectivity index (χ4v) is 2.45. The van der Waals surface area contributed by atoms with E-state index in [-0.39, 0.29) is 10.9 Å². The summed E-state index contributed by atoms with van der Waals surface area (Å²) in [5.41, 5.74) is 1.000. The Morgan fingerprint density at radius 1 is 1.37 bits per heavy atom. The van der Waals surface area contributed by atoms with Gasteiger partial charge in [0.25, 0.3) is 10.0 Å². The zero-order chi connectivity index (χ0) is 14.0. The molecule has 2 aromatic rings. The summed E-state index contributed by atoms with van der Waals surface area (Å²) in [6.07, 6.45) is 0. The van der Waals surface area contributed by atoms with Gasteiger partial charge in [0.15, 0.2) is 5.82 Å². The normalized spacial score (nSPS) is 11.0. The predicted octanol–water partition coefficient (Wildman–Crippen LogP) is 1.36. The highest BCUT2D eigenvalue weighted by molar-refractivity contribution is 7.92. The summed E-state index contributed by atoms with van der Waals surface area (Å²) in [7, 11) is -3.80. The van der Waals surface area contributed by atoms with Crippen LogP contribution in [0.2, 0.25) is 0 Å². The minimum Gasteiger partial charge on any atom is -0.314 e. The van der Waals surface area contributed by atoms with E-state index >= 15 is 0 Å². The van der Waals surface area contributed by atoms with E-state index in [2.05, 4.69) is 14.9 Å². The van der Waals surface area contributed by atoms with E-state index in [0.29, 0.717) is 17.0 Å². The molecule has 0 bridgehead atoms. The number of aryl methyl sites for hydroxylation is 2. The third kappa shape index (κ3) is 2.71. The van der Waals surface area contributed by atoms with Crippen LogP contribution in [0.25, 0.3) is 0 Å². The van der Waals surface area contributed by atoms with Gasteiger partial charge in [-0.15, -0.1) is 0 Å². The summed E-state index contributed by atoms with van der Waals surface area (Å²) in [4.78, 5) is 3.78. The standard InChI is InChI=1S/C11H10N4O3S/c1-7-5-10(4-3-9(7)6-12)19(16,17)15-11-13-8(2)14-18-11/h3-5H,1-2H3,(H,13,14,15). The Morgan fingerprint density at radius 2 is 2.11 bits per heavy atom. The lowest BCUT2D eigenvalue weighted by Crippen LogP contribution is -2.13. The van der Waals surface area contributed by atoms with Crippen LogP contribution in [0.1, 0.15) is 17.0 Å². The molecule has 0 radical (unpaired) electrons. The van der Waals surface area contributed by atoms with Gasteiger partial charge in [0.2, 0.25) is 0 Å². The highest BCUT2D eigenvalue weighted by Gasteiger charge is 2.18. The maximum atomic E-state index is 12.0. The van der Waals surface area contributed by atoms with Crippen LogP contribution in [0.4, 0.5) is 6.01 Å². The van der Waals surface area contributed by atoms with Crippen molar-refractivity contribution in [1.82, 2.24) is 10.1 Å². The molecule has 0 aliphatic carbocycles. The van der Waals surface area contributed by atoms with Crippen molar-refractivity contribution in [3.05, 3.63) is 35.2 Å². The second kappa shape index (κ2) is 4.70. The van der Waals surface area contributed by atoms with Crippen molar-refractivity contribution >= 4 is 16.0 Å². The van der Waals surface area contributed by atoms with Gasteiger partial charge in [0.05, 0.1) is 16.5 Å². The van der Waals surface area contributed by atoms with Gasteiger partial charge in [0, 0.05) is 0 Å². The Hall–Kier alpha value is -2.40. The van der Waals surface area contributed by atoms with Gasteiger partial charge in [-0.2, -0.15) is 10.2 Å². The summed E-state index contributed by atoms with van der Waals surface area (Å²) in [6.45, 7) is 3.24. The minimum atomic E-state index is -3.80. The molecule has 0 unspecified atom stereocenters. The number of hydrogen-bond donors (Lipinski definition) is 1. The Labute approximate surface area is 109 Å². The topological polar surface area (TPSA) is 109 Å². The van der Waals surface area contributed by atoms with Gasteiger partial charge in [-0.3, -0.25) is 0 Å². The van der Waals surface area contributed by atoms with Crippen LogP contribution in [-0.4, -0.2) is 18.6 Å². The van der Waals surface area contributed by atoms with Crippen LogP contribution in [0.3, 0.4) is 0 Å². The average Bonchev–Trinajstić information content (AvgIpc) is 2.73. The highest BCUT2D eigenvalue weighted by Crippen LogP contribution is 2.17. The van der Waals surface area contributed by atoms with E-state index in [1.165, 1.54) is 18.2 Å². The lowest BCUT2D eigenvalue weighted by atomic mass is 10.1.